The van der Waals surface area contributed by atoms with Crippen molar-refractivity contribution in [2.75, 3.05) is 16.8 Å². The summed E-state index contributed by atoms with van der Waals surface area (Å²) in [5.74, 6) is -0.176. The Morgan fingerprint density at radius 2 is 1.44 bits per heavy atom. The number of benzene rings is 4. The van der Waals surface area contributed by atoms with Crippen molar-refractivity contribution in [3.05, 3.63) is 109 Å². The first-order valence-corrected chi connectivity index (χ1v) is 13.1. The Morgan fingerprint density at radius 1 is 0.821 bits per heavy atom. The molecule has 8 nitrogen and oxygen atoms in total. The Bertz CT molecular complexity index is 1480. The summed E-state index contributed by atoms with van der Waals surface area (Å²) in [6, 6.07) is 32.4. The minimum Gasteiger partial charge on any atom is -0.484 e. The van der Waals surface area contributed by atoms with Crippen molar-refractivity contribution in [3.8, 4) is 5.75 Å². The van der Waals surface area contributed by atoms with Crippen LogP contribution in [0, 0.1) is 0 Å². The third-order valence-electron chi connectivity index (χ3n) is 5.78. The summed E-state index contributed by atoms with van der Waals surface area (Å²) in [5.41, 5.74) is 2.47. The highest BCUT2D eigenvalue weighted by Gasteiger charge is 2.40. The molecule has 1 atom stereocenters. The smallest absolute Gasteiger partial charge is 0.262 e. The molecule has 5 rings (SSSR count). The SMILES string of the molecule is O=C(COc1ccccc1)Nc1ccc(SC2CC(=O)N(c3ccc(N=Nc4ccccc4)cc3)C2=O)cc1. The molecule has 1 heterocycles. The van der Waals surface area contributed by atoms with Crippen LogP contribution in [-0.4, -0.2) is 29.6 Å². The van der Waals surface area contributed by atoms with Crippen molar-refractivity contribution in [2.24, 2.45) is 10.2 Å². The summed E-state index contributed by atoms with van der Waals surface area (Å²) >= 11 is 1.32. The predicted molar refractivity (Wildman–Crippen MR) is 151 cm³/mol. The highest BCUT2D eigenvalue weighted by Crippen LogP contribution is 2.35. The largest absolute Gasteiger partial charge is 0.484 e. The molecular weight excluding hydrogens is 512 g/mol. The molecule has 4 aromatic rings. The van der Waals surface area contributed by atoms with Crippen LogP contribution in [-0.2, 0) is 14.4 Å². The van der Waals surface area contributed by atoms with Crippen molar-refractivity contribution in [2.45, 2.75) is 16.6 Å². The van der Waals surface area contributed by atoms with Crippen LogP contribution in [0.2, 0.25) is 0 Å². The van der Waals surface area contributed by atoms with Gasteiger partial charge in [-0.3, -0.25) is 14.4 Å². The lowest BCUT2D eigenvalue weighted by atomic mass is 10.2. The molecule has 0 saturated carbocycles. The van der Waals surface area contributed by atoms with Gasteiger partial charge < -0.3 is 10.1 Å². The quantitative estimate of drug-likeness (QED) is 0.193. The van der Waals surface area contributed by atoms with E-state index < -0.39 is 5.25 Å². The van der Waals surface area contributed by atoms with Crippen molar-refractivity contribution in [1.82, 2.24) is 0 Å². The summed E-state index contributed by atoms with van der Waals surface area (Å²) < 4.78 is 5.46. The molecule has 1 N–H and O–H groups in total. The third kappa shape index (κ3) is 6.77. The van der Waals surface area contributed by atoms with E-state index in [-0.39, 0.29) is 30.7 Å². The van der Waals surface area contributed by atoms with Gasteiger partial charge in [0.1, 0.15) is 5.75 Å². The lowest BCUT2D eigenvalue weighted by Crippen LogP contribution is -2.30. The number of ether oxygens (including phenoxy) is 1. The number of anilines is 2. The van der Waals surface area contributed by atoms with Gasteiger partial charge in [0.2, 0.25) is 11.8 Å². The molecule has 1 aliphatic heterocycles. The summed E-state index contributed by atoms with van der Waals surface area (Å²) in [6.45, 7) is -0.105. The highest BCUT2D eigenvalue weighted by molar-refractivity contribution is 8.00. The molecular formula is C30H24N4O4S. The molecule has 0 aliphatic carbocycles. The van der Waals surface area contributed by atoms with Crippen LogP contribution < -0.4 is 15.0 Å². The molecule has 1 fully saturated rings. The first kappa shape index (κ1) is 25.9. The van der Waals surface area contributed by atoms with Crippen LogP contribution >= 0.6 is 11.8 Å². The number of nitrogens with zero attached hydrogens (tertiary/aromatic N) is 3. The maximum Gasteiger partial charge on any atom is 0.262 e. The van der Waals surface area contributed by atoms with Crippen LogP contribution in [0.5, 0.6) is 5.75 Å². The Balaban J connectivity index is 1.15. The van der Waals surface area contributed by atoms with Crippen molar-refractivity contribution in [3.63, 3.8) is 0 Å². The number of para-hydroxylation sites is 1. The van der Waals surface area contributed by atoms with Crippen molar-refractivity contribution < 1.29 is 19.1 Å². The monoisotopic (exact) mass is 536 g/mol. The number of hydrogen-bond donors (Lipinski definition) is 1. The molecule has 9 heteroatoms. The van der Waals surface area contributed by atoms with E-state index in [9.17, 15) is 14.4 Å². The Hall–Kier alpha value is -4.76. The number of azo groups is 1. The van der Waals surface area contributed by atoms with Crippen LogP contribution in [0.4, 0.5) is 22.7 Å². The fourth-order valence-electron chi connectivity index (χ4n) is 3.89. The second-order valence-electron chi connectivity index (χ2n) is 8.60. The van der Waals surface area contributed by atoms with E-state index in [1.54, 1.807) is 48.5 Å². The van der Waals surface area contributed by atoms with Crippen LogP contribution in [0.25, 0.3) is 0 Å². The van der Waals surface area contributed by atoms with Gasteiger partial charge in [0.05, 0.1) is 22.3 Å². The summed E-state index contributed by atoms with van der Waals surface area (Å²) in [6.07, 6.45) is 0.105. The van der Waals surface area contributed by atoms with E-state index in [1.807, 2.05) is 60.7 Å². The van der Waals surface area contributed by atoms with E-state index in [0.29, 0.717) is 22.8 Å². The highest BCUT2D eigenvalue weighted by atomic mass is 32.2. The lowest BCUT2D eigenvalue weighted by molar-refractivity contribution is -0.121. The van der Waals surface area contributed by atoms with Gasteiger partial charge in [0, 0.05) is 17.0 Å². The Labute approximate surface area is 229 Å². The minimum atomic E-state index is -0.533. The molecule has 1 saturated heterocycles. The molecule has 194 valence electrons. The first-order chi connectivity index (χ1) is 19.0. The molecule has 0 aromatic heterocycles. The molecule has 1 aliphatic rings. The second-order valence-corrected chi connectivity index (χ2v) is 9.88. The third-order valence-corrected chi connectivity index (χ3v) is 6.98. The van der Waals surface area contributed by atoms with Crippen molar-refractivity contribution >= 4 is 52.2 Å². The average Bonchev–Trinajstić information content (AvgIpc) is 3.25. The van der Waals surface area contributed by atoms with Gasteiger partial charge in [-0.1, -0.05) is 36.4 Å². The number of carbonyl (C=O) groups excluding carboxylic acids is 3. The zero-order valence-corrected chi connectivity index (χ0v) is 21.6. The van der Waals surface area contributed by atoms with E-state index in [2.05, 4.69) is 15.5 Å². The number of amides is 3. The standard InChI is InChI=1S/C30H24N4O4S/c35-28(20-38-25-9-5-2-6-10-25)31-21-13-17-26(18-14-21)39-27-19-29(36)34(30(27)37)24-15-11-23(12-16-24)33-32-22-7-3-1-4-8-22/h1-18,27H,19-20H2,(H,31,35). The van der Waals surface area contributed by atoms with Gasteiger partial charge in [-0.2, -0.15) is 10.2 Å². The van der Waals surface area contributed by atoms with Gasteiger partial charge >= 0.3 is 0 Å². The number of thioether (sulfide) groups is 1. The molecule has 1 unspecified atom stereocenters. The van der Waals surface area contributed by atoms with E-state index in [4.69, 9.17) is 4.74 Å². The minimum absolute atomic E-state index is 0.105. The van der Waals surface area contributed by atoms with Gasteiger partial charge in [0.25, 0.3) is 5.91 Å². The lowest BCUT2D eigenvalue weighted by Gasteiger charge is -2.15. The normalized spacial score (nSPS) is 15.1. The number of imide groups is 1. The number of rotatable bonds is 9. The zero-order valence-electron chi connectivity index (χ0n) is 20.8. The average molecular weight is 537 g/mol. The molecule has 0 spiro atoms. The Morgan fingerprint density at radius 3 is 2.10 bits per heavy atom. The van der Waals surface area contributed by atoms with Crippen LogP contribution in [0.1, 0.15) is 6.42 Å². The van der Waals surface area contributed by atoms with Gasteiger partial charge in [-0.15, -0.1) is 11.8 Å². The van der Waals surface area contributed by atoms with Crippen molar-refractivity contribution in [1.29, 1.82) is 0 Å². The molecule has 0 bridgehead atoms. The predicted octanol–water partition coefficient (Wildman–Crippen LogP) is 6.54. The summed E-state index contributed by atoms with van der Waals surface area (Å²) in [5, 5.41) is 10.6. The van der Waals surface area contributed by atoms with E-state index in [0.717, 1.165) is 10.6 Å². The molecule has 39 heavy (non-hydrogen) atoms. The van der Waals surface area contributed by atoms with Gasteiger partial charge in [-0.25, -0.2) is 4.90 Å². The topological polar surface area (TPSA) is 100 Å². The van der Waals surface area contributed by atoms with Gasteiger partial charge in [-0.05, 0) is 72.8 Å². The number of nitrogens with one attached hydrogen (secondary N) is 1. The fourth-order valence-corrected chi connectivity index (χ4v) is 4.94. The summed E-state index contributed by atoms with van der Waals surface area (Å²) in [4.78, 5) is 40.0. The zero-order chi connectivity index (χ0) is 27.0. The van der Waals surface area contributed by atoms with Crippen LogP contribution in [0.15, 0.2) is 124 Å². The number of hydrogen-bond acceptors (Lipinski definition) is 7. The maximum atomic E-state index is 13.1. The summed E-state index contributed by atoms with van der Waals surface area (Å²) in [7, 11) is 0. The van der Waals surface area contributed by atoms with Crippen LogP contribution in [0.3, 0.4) is 0 Å². The second kappa shape index (κ2) is 12.2. The van der Waals surface area contributed by atoms with Gasteiger partial charge in [0.15, 0.2) is 6.61 Å². The molecule has 3 amide bonds. The molecule has 0 radical (unpaired) electrons. The number of carbonyl (C=O) groups is 3. The Kier molecular flexibility index (Phi) is 8.09. The molecule has 4 aromatic carbocycles. The fraction of sp³-hybridized carbons (Fsp3) is 0.100. The first-order valence-electron chi connectivity index (χ1n) is 12.2. The maximum absolute atomic E-state index is 13.1. The van der Waals surface area contributed by atoms with E-state index in [1.165, 1.54) is 16.7 Å². The van der Waals surface area contributed by atoms with E-state index >= 15 is 0 Å².